The number of para-hydroxylation sites is 2. The first-order valence-electron chi connectivity index (χ1n) is 11.4. The number of aromatic nitrogens is 3. The van der Waals surface area contributed by atoms with Gasteiger partial charge in [-0.1, -0.05) is 18.2 Å². The van der Waals surface area contributed by atoms with Crippen molar-refractivity contribution in [2.45, 2.75) is 39.7 Å². The fourth-order valence-corrected chi connectivity index (χ4v) is 4.04. The first-order chi connectivity index (χ1) is 16.1. The van der Waals surface area contributed by atoms with Crippen molar-refractivity contribution in [2.24, 2.45) is 0 Å². The second-order valence-electron chi connectivity index (χ2n) is 8.29. The molecular weight excluding hydrogens is 412 g/mol. The van der Waals surface area contributed by atoms with Gasteiger partial charge in [-0.25, -0.2) is 4.98 Å². The summed E-state index contributed by atoms with van der Waals surface area (Å²) in [5.41, 5.74) is 5.14. The Hall–Kier alpha value is -3.67. The third-order valence-corrected chi connectivity index (χ3v) is 5.51. The van der Waals surface area contributed by atoms with E-state index in [2.05, 4.69) is 53.0 Å². The molecule has 0 aliphatic carbocycles. The number of fused-ring (bicyclic) bond motifs is 1. The van der Waals surface area contributed by atoms with E-state index < -0.39 is 0 Å². The lowest BCUT2D eigenvalue weighted by Crippen LogP contribution is -2.25. The molecule has 4 rings (SSSR count). The molecule has 2 aromatic carbocycles. The predicted octanol–water partition coefficient (Wildman–Crippen LogP) is 4.88. The fraction of sp³-hybridized carbons (Fsp3) is 0.296. The topological polar surface area (TPSA) is 69.0 Å². The summed E-state index contributed by atoms with van der Waals surface area (Å²) in [4.78, 5) is 21.1. The molecule has 1 amide bonds. The number of aryl methyl sites for hydroxylation is 4. The van der Waals surface area contributed by atoms with Gasteiger partial charge in [0.15, 0.2) is 0 Å². The average molecular weight is 443 g/mol. The van der Waals surface area contributed by atoms with Crippen LogP contribution in [0.4, 0.5) is 0 Å². The van der Waals surface area contributed by atoms with Crippen molar-refractivity contribution in [2.75, 3.05) is 13.2 Å². The SMILES string of the molecule is Cc1cc(C)cc(OCCCn2c(CCCNC(=O)c3cccnc3)nc3ccccc32)c1. The van der Waals surface area contributed by atoms with Crippen LogP contribution in [0.2, 0.25) is 0 Å². The first-order valence-corrected chi connectivity index (χ1v) is 11.4. The molecule has 0 radical (unpaired) electrons. The highest BCUT2D eigenvalue weighted by Crippen LogP contribution is 2.19. The summed E-state index contributed by atoms with van der Waals surface area (Å²) in [6.45, 7) is 6.25. The smallest absolute Gasteiger partial charge is 0.252 e. The molecule has 0 saturated carbocycles. The lowest BCUT2D eigenvalue weighted by atomic mass is 10.1. The molecule has 2 heterocycles. The molecule has 0 unspecified atom stereocenters. The maximum absolute atomic E-state index is 12.2. The third kappa shape index (κ3) is 5.98. The van der Waals surface area contributed by atoms with Crippen molar-refractivity contribution in [3.05, 3.63) is 89.5 Å². The van der Waals surface area contributed by atoms with Gasteiger partial charge >= 0.3 is 0 Å². The number of hydrogen-bond acceptors (Lipinski definition) is 4. The van der Waals surface area contributed by atoms with E-state index in [0.717, 1.165) is 48.4 Å². The Morgan fingerprint density at radius 3 is 2.64 bits per heavy atom. The number of benzene rings is 2. The van der Waals surface area contributed by atoms with Crippen LogP contribution in [0.5, 0.6) is 5.75 Å². The van der Waals surface area contributed by atoms with E-state index in [0.29, 0.717) is 18.7 Å². The lowest BCUT2D eigenvalue weighted by molar-refractivity contribution is 0.0952. The molecule has 0 aliphatic heterocycles. The van der Waals surface area contributed by atoms with Gasteiger partial charge in [0.25, 0.3) is 5.91 Å². The van der Waals surface area contributed by atoms with Crippen LogP contribution in [0.1, 0.15) is 40.2 Å². The molecule has 0 bridgehead atoms. The normalized spacial score (nSPS) is 11.0. The second-order valence-corrected chi connectivity index (χ2v) is 8.29. The molecule has 170 valence electrons. The van der Waals surface area contributed by atoms with Crippen LogP contribution in [-0.4, -0.2) is 33.6 Å². The van der Waals surface area contributed by atoms with Crippen molar-refractivity contribution in [1.29, 1.82) is 0 Å². The molecule has 4 aromatic rings. The standard InChI is InChI=1S/C27H30N4O2/c1-20-16-21(2)18-23(17-20)33-15-7-14-31-25-10-4-3-9-24(25)30-26(31)11-6-13-29-27(32)22-8-5-12-28-19-22/h3-5,8-10,12,16-19H,6-7,11,13-15H2,1-2H3,(H,29,32). The minimum absolute atomic E-state index is 0.0971. The largest absolute Gasteiger partial charge is 0.494 e. The van der Waals surface area contributed by atoms with E-state index in [1.54, 1.807) is 24.5 Å². The minimum Gasteiger partial charge on any atom is -0.494 e. The number of rotatable bonds is 10. The zero-order valence-electron chi connectivity index (χ0n) is 19.3. The monoisotopic (exact) mass is 442 g/mol. The zero-order chi connectivity index (χ0) is 23.0. The summed E-state index contributed by atoms with van der Waals surface area (Å²) >= 11 is 0. The van der Waals surface area contributed by atoms with Gasteiger partial charge < -0.3 is 14.6 Å². The maximum Gasteiger partial charge on any atom is 0.252 e. The van der Waals surface area contributed by atoms with Crippen LogP contribution in [0.25, 0.3) is 11.0 Å². The van der Waals surface area contributed by atoms with E-state index in [1.807, 2.05) is 18.2 Å². The highest BCUT2D eigenvalue weighted by molar-refractivity contribution is 5.93. The molecule has 33 heavy (non-hydrogen) atoms. The summed E-state index contributed by atoms with van der Waals surface area (Å²) < 4.78 is 8.28. The van der Waals surface area contributed by atoms with Gasteiger partial charge in [-0.2, -0.15) is 0 Å². The molecule has 0 saturated heterocycles. The van der Waals surface area contributed by atoms with Crippen molar-refractivity contribution in [1.82, 2.24) is 19.9 Å². The summed E-state index contributed by atoms with van der Waals surface area (Å²) in [5, 5.41) is 2.97. The Kier molecular flexibility index (Phi) is 7.35. The minimum atomic E-state index is -0.0971. The molecule has 6 nitrogen and oxygen atoms in total. The Balaban J connectivity index is 1.33. The second kappa shape index (κ2) is 10.8. The molecule has 0 atom stereocenters. The number of hydrogen-bond donors (Lipinski definition) is 1. The molecule has 2 aromatic heterocycles. The number of ether oxygens (including phenoxy) is 1. The first kappa shape index (κ1) is 22.5. The fourth-order valence-electron chi connectivity index (χ4n) is 4.04. The number of nitrogens with one attached hydrogen (secondary N) is 1. The van der Waals surface area contributed by atoms with E-state index in [4.69, 9.17) is 9.72 Å². The van der Waals surface area contributed by atoms with Crippen LogP contribution >= 0.6 is 0 Å². The molecule has 6 heteroatoms. The number of carbonyl (C=O) groups is 1. The predicted molar refractivity (Wildman–Crippen MR) is 131 cm³/mol. The summed E-state index contributed by atoms with van der Waals surface area (Å²) in [6, 6.07) is 18.0. The molecular formula is C27H30N4O2. The summed E-state index contributed by atoms with van der Waals surface area (Å²) in [7, 11) is 0. The number of carbonyl (C=O) groups excluding carboxylic acids is 1. The van der Waals surface area contributed by atoms with Crippen molar-refractivity contribution >= 4 is 16.9 Å². The number of amides is 1. The van der Waals surface area contributed by atoms with Crippen LogP contribution in [0.3, 0.4) is 0 Å². The molecule has 0 fully saturated rings. The van der Waals surface area contributed by atoms with Crippen LogP contribution in [-0.2, 0) is 13.0 Å². The highest BCUT2D eigenvalue weighted by atomic mass is 16.5. The number of imidazole rings is 1. The van der Waals surface area contributed by atoms with E-state index in [-0.39, 0.29) is 5.91 Å². The third-order valence-electron chi connectivity index (χ3n) is 5.51. The number of nitrogens with zero attached hydrogens (tertiary/aromatic N) is 3. The highest BCUT2D eigenvalue weighted by Gasteiger charge is 2.11. The molecule has 0 spiro atoms. The van der Waals surface area contributed by atoms with Crippen molar-refractivity contribution in [3.8, 4) is 5.75 Å². The number of pyridine rings is 1. The molecule has 0 aliphatic rings. The lowest BCUT2D eigenvalue weighted by Gasteiger charge is -2.11. The average Bonchev–Trinajstić information content (AvgIpc) is 3.17. The van der Waals surface area contributed by atoms with Crippen LogP contribution in [0, 0.1) is 13.8 Å². The van der Waals surface area contributed by atoms with E-state index in [9.17, 15) is 4.79 Å². The maximum atomic E-state index is 12.2. The quantitative estimate of drug-likeness (QED) is 0.356. The summed E-state index contributed by atoms with van der Waals surface area (Å²) in [5.74, 6) is 1.87. The van der Waals surface area contributed by atoms with E-state index >= 15 is 0 Å². The summed E-state index contributed by atoms with van der Waals surface area (Å²) in [6.07, 6.45) is 5.73. The Bertz CT molecular complexity index is 1200. The van der Waals surface area contributed by atoms with Gasteiger partial charge in [0, 0.05) is 31.9 Å². The molecule has 1 N–H and O–H groups in total. The van der Waals surface area contributed by atoms with Gasteiger partial charge in [-0.05, 0) is 74.2 Å². The van der Waals surface area contributed by atoms with Gasteiger partial charge in [-0.3, -0.25) is 9.78 Å². The van der Waals surface area contributed by atoms with Gasteiger partial charge in [-0.15, -0.1) is 0 Å². The van der Waals surface area contributed by atoms with Crippen LogP contribution < -0.4 is 10.1 Å². The van der Waals surface area contributed by atoms with E-state index in [1.165, 1.54) is 11.1 Å². The van der Waals surface area contributed by atoms with Gasteiger partial charge in [0.05, 0.1) is 23.2 Å². The van der Waals surface area contributed by atoms with Crippen molar-refractivity contribution in [3.63, 3.8) is 0 Å². The van der Waals surface area contributed by atoms with Crippen molar-refractivity contribution < 1.29 is 9.53 Å². The van der Waals surface area contributed by atoms with Crippen LogP contribution in [0.15, 0.2) is 67.0 Å². The Labute approximate surface area is 194 Å². The van der Waals surface area contributed by atoms with Gasteiger partial charge in [0.1, 0.15) is 11.6 Å². The van der Waals surface area contributed by atoms with Gasteiger partial charge in [0.2, 0.25) is 0 Å². The Morgan fingerprint density at radius 2 is 1.85 bits per heavy atom. The zero-order valence-corrected chi connectivity index (χ0v) is 19.3. The Morgan fingerprint density at radius 1 is 1.03 bits per heavy atom.